The number of nitrogens with two attached hydrogens (primary N) is 1. The van der Waals surface area contributed by atoms with E-state index in [9.17, 15) is 18.0 Å². The number of nitrogens with one attached hydrogen (secondary N) is 1. The van der Waals surface area contributed by atoms with Gasteiger partial charge >= 0.3 is 0 Å². The van der Waals surface area contributed by atoms with Gasteiger partial charge in [-0.05, 0) is 30.7 Å². The molecule has 0 atom stereocenters. The summed E-state index contributed by atoms with van der Waals surface area (Å²) in [5.74, 6) is 1.17. The molecule has 7 heteroatoms. The maximum atomic E-state index is 14.3. The van der Waals surface area contributed by atoms with Gasteiger partial charge in [0.1, 0.15) is 5.82 Å². The number of anilines is 2. The van der Waals surface area contributed by atoms with Gasteiger partial charge in [0, 0.05) is 5.56 Å². The molecule has 4 nitrogen and oxygen atoms in total. The highest BCUT2D eigenvalue weighted by molar-refractivity contribution is 6.02. The van der Waals surface area contributed by atoms with Gasteiger partial charge in [-0.2, -0.15) is 0 Å². The molecule has 1 aliphatic rings. The fourth-order valence-corrected chi connectivity index (χ4v) is 2.45. The van der Waals surface area contributed by atoms with E-state index in [1.807, 2.05) is 13.8 Å². The van der Waals surface area contributed by atoms with Crippen molar-refractivity contribution in [2.45, 2.75) is 20.8 Å². The Morgan fingerprint density at radius 1 is 1.18 bits per heavy atom. The molecule has 0 radical (unpaired) electrons. The molecule has 0 saturated carbocycles. The van der Waals surface area contributed by atoms with E-state index < -0.39 is 29.0 Å². The number of halogens is 3. The summed E-state index contributed by atoms with van der Waals surface area (Å²) in [6, 6.07) is 4.97. The number of aryl methyl sites for hydroxylation is 1. The van der Waals surface area contributed by atoms with E-state index in [-0.39, 0.29) is 22.7 Å². The summed E-state index contributed by atoms with van der Waals surface area (Å²) in [7, 11) is 0. The van der Waals surface area contributed by atoms with Crippen LogP contribution in [0, 0.1) is 42.1 Å². The van der Waals surface area contributed by atoms with Crippen molar-refractivity contribution in [3.63, 3.8) is 0 Å². The highest BCUT2D eigenvalue weighted by Gasteiger charge is 2.23. The van der Waals surface area contributed by atoms with E-state index >= 15 is 0 Å². The van der Waals surface area contributed by atoms with Crippen molar-refractivity contribution in [2.24, 2.45) is 11.7 Å². The largest absolute Gasteiger partial charge is 0.379 e. The summed E-state index contributed by atoms with van der Waals surface area (Å²) >= 11 is 0. The number of rotatable bonds is 3. The van der Waals surface area contributed by atoms with Crippen molar-refractivity contribution in [3.8, 4) is 11.8 Å². The van der Waals surface area contributed by atoms with E-state index in [1.165, 1.54) is 12.1 Å². The topological polar surface area (TPSA) is 64.3 Å². The lowest BCUT2D eigenvalue weighted by Crippen LogP contribution is -2.25. The molecule has 0 aromatic heterocycles. The van der Waals surface area contributed by atoms with Gasteiger partial charge in [-0.25, -0.2) is 13.2 Å². The van der Waals surface area contributed by atoms with Crippen LogP contribution >= 0.6 is 0 Å². The Labute approximate surface area is 161 Å². The van der Waals surface area contributed by atoms with Crippen molar-refractivity contribution >= 4 is 17.3 Å². The van der Waals surface area contributed by atoms with Crippen LogP contribution in [-0.4, -0.2) is 19.1 Å². The molecule has 2 aromatic carbocycles. The fraction of sp³-hybridized carbons (Fsp3) is 0.286. The second-order valence-corrected chi connectivity index (χ2v) is 5.95. The van der Waals surface area contributed by atoms with Gasteiger partial charge in [-0.3, -0.25) is 4.79 Å². The molecule has 1 heterocycles. The molecular weight excluding hydrogens is 369 g/mol. The van der Waals surface area contributed by atoms with Crippen LogP contribution in [0.15, 0.2) is 24.3 Å². The molecule has 0 spiro atoms. The summed E-state index contributed by atoms with van der Waals surface area (Å²) in [6.45, 7) is 6.55. The van der Waals surface area contributed by atoms with Gasteiger partial charge in [-0.15, -0.1) is 0 Å². The second kappa shape index (κ2) is 9.29. The Balaban J connectivity index is 0.00000136. The van der Waals surface area contributed by atoms with Crippen molar-refractivity contribution in [2.75, 3.05) is 18.5 Å². The highest BCUT2D eigenvalue weighted by Crippen LogP contribution is 2.30. The van der Waals surface area contributed by atoms with Gasteiger partial charge in [0.15, 0.2) is 11.6 Å². The second-order valence-electron chi connectivity index (χ2n) is 5.95. The van der Waals surface area contributed by atoms with E-state index in [1.54, 1.807) is 13.0 Å². The Hall–Kier alpha value is -2.98. The number of carbonyl (C=O) groups is 1. The smallest absolute Gasteiger partial charge is 0.252 e. The lowest BCUT2D eigenvalue weighted by molar-refractivity contribution is -0.00300. The Kier molecular flexibility index (Phi) is 7.07. The molecule has 1 fully saturated rings. The predicted molar refractivity (Wildman–Crippen MR) is 102 cm³/mol. The molecule has 148 valence electrons. The zero-order valence-electron chi connectivity index (χ0n) is 15.8. The fourth-order valence-electron chi connectivity index (χ4n) is 2.45. The van der Waals surface area contributed by atoms with Gasteiger partial charge in [-0.1, -0.05) is 31.8 Å². The first-order valence-corrected chi connectivity index (χ1v) is 8.81. The Morgan fingerprint density at radius 2 is 1.86 bits per heavy atom. The molecule has 0 unspecified atom stereocenters. The van der Waals surface area contributed by atoms with E-state index in [4.69, 9.17) is 10.5 Å². The quantitative estimate of drug-likeness (QED) is 0.769. The van der Waals surface area contributed by atoms with Crippen molar-refractivity contribution < 1.29 is 22.7 Å². The standard InChI is InChI=1S/C19H15F3N2O2.C2H6/c1-10-2-5-15(13(20)6-10)24-18-16(19(23)25)12(7-14(21)17(18)22)4-3-11-8-26-9-11;1-2/h2,5-7,11,24H,8-9H2,1H3,(H2,23,25);1-2H3. The summed E-state index contributed by atoms with van der Waals surface area (Å²) in [4.78, 5) is 11.9. The van der Waals surface area contributed by atoms with Crippen LogP contribution < -0.4 is 11.1 Å². The van der Waals surface area contributed by atoms with E-state index in [0.717, 1.165) is 6.07 Å². The van der Waals surface area contributed by atoms with E-state index in [0.29, 0.717) is 18.8 Å². The van der Waals surface area contributed by atoms with Gasteiger partial charge in [0.05, 0.1) is 36.1 Å². The molecule has 2 aromatic rings. The minimum absolute atomic E-state index is 0.0465. The van der Waals surface area contributed by atoms with Crippen LogP contribution in [0.2, 0.25) is 0 Å². The van der Waals surface area contributed by atoms with E-state index in [2.05, 4.69) is 17.2 Å². The van der Waals surface area contributed by atoms with Crippen molar-refractivity contribution in [1.29, 1.82) is 0 Å². The molecule has 1 aliphatic heterocycles. The Morgan fingerprint density at radius 3 is 2.39 bits per heavy atom. The normalized spacial score (nSPS) is 12.8. The number of ether oxygens (including phenoxy) is 1. The van der Waals surface area contributed by atoms with Gasteiger partial charge in [0.25, 0.3) is 5.91 Å². The number of hydrogen-bond acceptors (Lipinski definition) is 3. The molecule has 1 amide bonds. The van der Waals surface area contributed by atoms with Gasteiger partial charge < -0.3 is 15.8 Å². The molecule has 1 saturated heterocycles. The average Bonchev–Trinajstić information content (AvgIpc) is 2.61. The Bertz CT molecular complexity index is 945. The predicted octanol–water partition coefficient (Wildman–Crippen LogP) is 4.28. The number of primary amides is 1. The van der Waals surface area contributed by atoms with Crippen LogP contribution in [0.4, 0.5) is 24.5 Å². The number of benzene rings is 2. The molecule has 0 bridgehead atoms. The zero-order valence-corrected chi connectivity index (χ0v) is 15.8. The van der Waals surface area contributed by atoms with Crippen LogP contribution in [0.3, 0.4) is 0 Å². The van der Waals surface area contributed by atoms with Crippen LogP contribution in [0.25, 0.3) is 0 Å². The molecule has 28 heavy (non-hydrogen) atoms. The summed E-state index contributed by atoms with van der Waals surface area (Å²) in [6.07, 6.45) is 0. The maximum absolute atomic E-state index is 14.3. The third kappa shape index (κ3) is 4.65. The SMILES string of the molecule is CC.Cc1ccc(Nc2c(F)c(F)cc(C#CC3COC3)c2C(N)=O)c(F)c1. The average molecular weight is 390 g/mol. The first-order valence-electron chi connectivity index (χ1n) is 8.81. The molecule has 3 rings (SSSR count). The van der Waals surface area contributed by atoms with Crippen LogP contribution in [-0.2, 0) is 4.74 Å². The monoisotopic (exact) mass is 390 g/mol. The van der Waals surface area contributed by atoms with Crippen LogP contribution in [0.1, 0.15) is 35.3 Å². The summed E-state index contributed by atoms with van der Waals surface area (Å²) < 4.78 is 47.4. The van der Waals surface area contributed by atoms with Crippen molar-refractivity contribution in [1.82, 2.24) is 0 Å². The summed E-state index contributed by atoms with van der Waals surface area (Å²) in [5.41, 5.74) is 4.93. The minimum Gasteiger partial charge on any atom is -0.379 e. The number of carbonyl (C=O) groups excluding carboxylic acids is 1. The summed E-state index contributed by atoms with van der Waals surface area (Å²) in [5, 5.41) is 2.43. The molecule has 3 N–H and O–H groups in total. The zero-order chi connectivity index (χ0) is 20.8. The van der Waals surface area contributed by atoms with Crippen molar-refractivity contribution in [3.05, 3.63) is 58.4 Å². The lowest BCUT2D eigenvalue weighted by Gasteiger charge is -2.20. The third-order valence-corrected chi connectivity index (χ3v) is 3.90. The first kappa shape index (κ1) is 21.3. The van der Waals surface area contributed by atoms with Gasteiger partial charge in [0.2, 0.25) is 0 Å². The maximum Gasteiger partial charge on any atom is 0.252 e. The highest BCUT2D eigenvalue weighted by atomic mass is 19.2. The third-order valence-electron chi connectivity index (χ3n) is 3.90. The minimum atomic E-state index is -1.34. The molecule has 0 aliphatic carbocycles. The lowest BCUT2D eigenvalue weighted by atomic mass is 10.0. The number of amides is 1. The first-order chi connectivity index (χ1) is 13.4. The van der Waals surface area contributed by atoms with Crippen LogP contribution in [0.5, 0.6) is 0 Å². The molecular formula is C21H21F3N2O2. The number of hydrogen-bond donors (Lipinski definition) is 2.